The Bertz CT molecular complexity index is 362. The molecule has 2 heterocycles. The van der Waals surface area contributed by atoms with E-state index >= 15 is 0 Å². The molecule has 0 aromatic heterocycles. The molecule has 0 unspecified atom stereocenters. The van der Waals surface area contributed by atoms with Crippen LogP contribution in [-0.2, 0) is 5.54 Å². The summed E-state index contributed by atoms with van der Waals surface area (Å²) in [7, 11) is 0. The van der Waals surface area contributed by atoms with Gasteiger partial charge in [0.2, 0.25) is 0 Å². The molecule has 2 fully saturated rings. The lowest BCUT2D eigenvalue weighted by molar-refractivity contribution is 0.106. The minimum atomic E-state index is -0.101. The summed E-state index contributed by atoms with van der Waals surface area (Å²) in [6, 6.07) is 11.3. The third kappa shape index (κ3) is 1.48. The van der Waals surface area contributed by atoms with E-state index in [1.807, 2.05) is 0 Å². The van der Waals surface area contributed by atoms with Crippen molar-refractivity contribution >= 4 is 0 Å². The molecular formula is C14H20N2. The minimum absolute atomic E-state index is 0.101. The highest BCUT2D eigenvalue weighted by molar-refractivity contribution is 5.27. The second kappa shape index (κ2) is 3.86. The molecule has 2 N–H and O–H groups in total. The van der Waals surface area contributed by atoms with Gasteiger partial charge in [-0.2, -0.15) is 0 Å². The third-order valence-corrected chi connectivity index (χ3v) is 4.31. The van der Waals surface area contributed by atoms with Gasteiger partial charge < -0.3 is 5.73 Å². The molecular weight excluding hydrogens is 196 g/mol. The second-order valence-electron chi connectivity index (χ2n) is 5.20. The average Bonchev–Trinajstić information content (AvgIpc) is 2.80. The van der Waals surface area contributed by atoms with Crippen molar-refractivity contribution in [2.24, 2.45) is 5.73 Å². The number of rotatable bonds is 1. The third-order valence-electron chi connectivity index (χ3n) is 4.31. The summed E-state index contributed by atoms with van der Waals surface area (Å²) in [5.74, 6) is 0. The first kappa shape index (κ1) is 10.3. The van der Waals surface area contributed by atoms with Gasteiger partial charge in [-0.25, -0.2) is 0 Å². The number of hydrogen-bond donors (Lipinski definition) is 1. The molecule has 2 nitrogen and oxygen atoms in total. The number of nitrogens with zero attached hydrogens (tertiary/aromatic N) is 1. The minimum Gasteiger partial charge on any atom is -0.320 e. The summed E-state index contributed by atoms with van der Waals surface area (Å²) in [6.45, 7) is 2.49. The molecule has 2 heteroatoms. The van der Waals surface area contributed by atoms with Crippen LogP contribution >= 0.6 is 0 Å². The van der Waals surface area contributed by atoms with E-state index in [1.54, 1.807) is 0 Å². The number of benzene rings is 1. The molecule has 0 bridgehead atoms. The number of piperidine rings is 1. The highest BCUT2D eigenvalue weighted by atomic mass is 15.2. The predicted octanol–water partition coefficient (Wildman–Crippen LogP) is 2.10. The Morgan fingerprint density at radius 3 is 2.69 bits per heavy atom. The summed E-state index contributed by atoms with van der Waals surface area (Å²) < 4.78 is 0. The fourth-order valence-electron chi connectivity index (χ4n) is 3.50. The maximum atomic E-state index is 6.72. The van der Waals surface area contributed by atoms with Crippen LogP contribution in [0, 0.1) is 0 Å². The SMILES string of the molecule is N[C@@]1(c2ccccc2)CCCN2CCC[C@H]21. The summed E-state index contributed by atoms with van der Waals surface area (Å²) >= 11 is 0. The van der Waals surface area contributed by atoms with Crippen LogP contribution in [0.2, 0.25) is 0 Å². The predicted molar refractivity (Wildman–Crippen MR) is 66.1 cm³/mol. The molecule has 2 aliphatic rings. The monoisotopic (exact) mass is 216 g/mol. The van der Waals surface area contributed by atoms with Gasteiger partial charge in [0.25, 0.3) is 0 Å². The van der Waals surface area contributed by atoms with Crippen LogP contribution in [0.1, 0.15) is 31.2 Å². The van der Waals surface area contributed by atoms with Crippen LogP contribution in [-0.4, -0.2) is 24.0 Å². The van der Waals surface area contributed by atoms with Crippen molar-refractivity contribution < 1.29 is 0 Å². The molecule has 2 atom stereocenters. The Morgan fingerprint density at radius 1 is 1.12 bits per heavy atom. The van der Waals surface area contributed by atoms with E-state index in [2.05, 4.69) is 35.2 Å². The van der Waals surface area contributed by atoms with Gasteiger partial charge in [0.15, 0.2) is 0 Å². The summed E-state index contributed by atoms with van der Waals surface area (Å²) in [4.78, 5) is 2.59. The van der Waals surface area contributed by atoms with Crippen molar-refractivity contribution in [2.75, 3.05) is 13.1 Å². The highest BCUT2D eigenvalue weighted by Crippen LogP contribution is 2.39. The largest absolute Gasteiger partial charge is 0.320 e. The Hall–Kier alpha value is -0.860. The van der Waals surface area contributed by atoms with Crippen LogP contribution in [0.15, 0.2) is 30.3 Å². The standard InChI is InChI=1S/C14H20N2/c15-14(12-6-2-1-3-7-12)9-5-11-16-10-4-8-13(14)16/h1-3,6-7,13H,4-5,8-11,15H2/t13-,14+/m0/s1. The van der Waals surface area contributed by atoms with Crippen molar-refractivity contribution in [1.29, 1.82) is 0 Å². The summed E-state index contributed by atoms with van der Waals surface area (Å²) in [5, 5.41) is 0. The average molecular weight is 216 g/mol. The quantitative estimate of drug-likeness (QED) is 0.779. The van der Waals surface area contributed by atoms with Gasteiger partial charge in [-0.3, -0.25) is 4.90 Å². The van der Waals surface area contributed by atoms with Gasteiger partial charge in [-0.05, 0) is 44.3 Å². The van der Waals surface area contributed by atoms with Gasteiger partial charge in [-0.15, -0.1) is 0 Å². The molecule has 0 saturated carbocycles. The molecule has 86 valence electrons. The molecule has 2 aliphatic heterocycles. The lowest BCUT2D eigenvalue weighted by Crippen LogP contribution is -2.57. The highest BCUT2D eigenvalue weighted by Gasteiger charge is 2.44. The van der Waals surface area contributed by atoms with Gasteiger partial charge >= 0.3 is 0 Å². The van der Waals surface area contributed by atoms with Crippen LogP contribution in [0.3, 0.4) is 0 Å². The normalized spacial score (nSPS) is 34.9. The lowest BCUT2D eigenvalue weighted by atomic mass is 9.76. The van der Waals surface area contributed by atoms with E-state index < -0.39 is 0 Å². The first-order valence-corrected chi connectivity index (χ1v) is 6.39. The van der Waals surface area contributed by atoms with Gasteiger partial charge in [0, 0.05) is 6.04 Å². The Morgan fingerprint density at radius 2 is 1.88 bits per heavy atom. The Labute approximate surface area is 97.4 Å². The molecule has 1 aromatic rings. The van der Waals surface area contributed by atoms with Crippen LogP contribution in [0.4, 0.5) is 0 Å². The zero-order chi connectivity index (χ0) is 11.0. The zero-order valence-electron chi connectivity index (χ0n) is 9.73. The fourth-order valence-corrected chi connectivity index (χ4v) is 3.50. The first-order valence-electron chi connectivity index (χ1n) is 6.39. The van der Waals surface area contributed by atoms with Crippen LogP contribution in [0.25, 0.3) is 0 Å². The van der Waals surface area contributed by atoms with Gasteiger partial charge in [-0.1, -0.05) is 30.3 Å². The van der Waals surface area contributed by atoms with E-state index in [1.165, 1.54) is 37.9 Å². The zero-order valence-corrected chi connectivity index (χ0v) is 9.73. The van der Waals surface area contributed by atoms with Gasteiger partial charge in [0.05, 0.1) is 5.54 Å². The molecule has 0 spiro atoms. The lowest BCUT2D eigenvalue weighted by Gasteiger charge is -2.45. The van der Waals surface area contributed by atoms with E-state index in [9.17, 15) is 0 Å². The number of fused-ring (bicyclic) bond motifs is 1. The Kier molecular flexibility index (Phi) is 2.49. The fraction of sp³-hybridized carbons (Fsp3) is 0.571. The van der Waals surface area contributed by atoms with Crippen molar-refractivity contribution in [1.82, 2.24) is 4.90 Å². The molecule has 2 saturated heterocycles. The van der Waals surface area contributed by atoms with Crippen molar-refractivity contribution in [3.63, 3.8) is 0 Å². The maximum Gasteiger partial charge on any atom is 0.0567 e. The summed E-state index contributed by atoms with van der Waals surface area (Å²) in [5.41, 5.74) is 7.95. The molecule has 3 rings (SSSR count). The molecule has 16 heavy (non-hydrogen) atoms. The maximum absolute atomic E-state index is 6.72. The first-order chi connectivity index (χ1) is 7.81. The van der Waals surface area contributed by atoms with E-state index in [0.29, 0.717) is 6.04 Å². The molecule has 1 aromatic carbocycles. The molecule has 0 radical (unpaired) electrons. The smallest absolute Gasteiger partial charge is 0.0567 e. The van der Waals surface area contributed by atoms with Crippen molar-refractivity contribution in [2.45, 2.75) is 37.3 Å². The second-order valence-corrected chi connectivity index (χ2v) is 5.20. The van der Waals surface area contributed by atoms with Crippen molar-refractivity contribution in [3.8, 4) is 0 Å². The van der Waals surface area contributed by atoms with E-state index in [0.717, 1.165) is 6.42 Å². The topological polar surface area (TPSA) is 29.3 Å². The van der Waals surface area contributed by atoms with E-state index in [-0.39, 0.29) is 5.54 Å². The van der Waals surface area contributed by atoms with Gasteiger partial charge in [0.1, 0.15) is 0 Å². The van der Waals surface area contributed by atoms with E-state index in [4.69, 9.17) is 5.73 Å². The number of hydrogen-bond acceptors (Lipinski definition) is 2. The Balaban J connectivity index is 1.96. The molecule has 0 amide bonds. The summed E-state index contributed by atoms with van der Waals surface area (Å²) in [6.07, 6.45) is 4.96. The van der Waals surface area contributed by atoms with Crippen molar-refractivity contribution in [3.05, 3.63) is 35.9 Å². The van der Waals surface area contributed by atoms with Crippen LogP contribution in [0.5, 0.6) is 0 Å². The molecule has 0 aliphatic carbocycles. The number of nitrogens with two attached hydrogens (primary N) is 1. The van der Waals surface area contributed by atoms with Crippen LogP contribution < -0.4 is 5.73 Å².